The van der Waals surface area contributed by atoms with Crippen LogP contribution < -0.4 is 30.3 Å². The van der Waals surface area contributed by atoms with Crippen molar-refractivity contribution in [2.24, 2.45) is 5.10 Å². The first-order chi connectivity index (χ1) is 18.3. The van der Waals surface area contributed by atoms with Crippen LogP contribution >= 0.6 is 23.2 Å². The molecule has 0 radical (unpaired) electrons. The molecule has 0 spiro atoms. The number of benzene rings is 3. The Balaban J connectivity index is 1.55. The summed E-state index contributed by atoms with van der Waals surface area (Å²) in [7, 11) is 1.52. The van der Waals surface area contributed by atoms with Crippen LogP contribution in [0.25, 0.3) is 0 Å². The molecule has 0 aliphatic carbocycles. The maximum Gasteiger partial charge on any atom is 0.329 e. The van der Waals surface area contributed by atoms with Gasteiger partial charge in [0.25, 0.3) is 5.91 Å². The number of hydrogen-bond acceptors (Lipinski definition) is 7. The van der Waals surface area contributed by atoms with E-state index in [0.29, 0.717) is 50.8 Å². The highest BCUT2D eigenvalue weighted by atomic mass is 35.5. The Kier molecular flexibility index (Phi) is 10.3. The van der Waals surface area contributed by atoms with Crippen molar-refractivity contribution in [2.45, 2.75) is 6.92 Å². The van der Waals surface area contributed by atoms with Gasteiger partial charge in [-0.05, 0) is 73.2 Å². The zero-order valence-corrected chi connectivity index (χ0v) is 21.9. The first kappa shape index (κ1) is 28.3. The third-order valence-electron chi connectivity index (χ3n) is 4.77. The molecule has 3 N–H and O–H groups in total. The summed E-state index contributed by atoms with van der Waals surface area (Å²) in [5.74, 6) is -0.969. The molecule has 3 aromatic carbocycles. The Bertz CT molecular complexity index is 1330. The minimum atomic E-state index is -0.950. The molecule has 38 heavy (non-hydrogen) atoms. The maximum absolute atomic E-state index is 12.3. The van der Waals surface area contributed by atoms with Crippen LogP contribution in [0, 0.1) is 0 Å². The van der Waals surface area contributed by atoms with Crippen molar-refractivity contribution in [1.82, 2.24) is 5.43 Å². The molecule has 3 rings (SSSR count). The van der Waals surface area contributed by atoms with E-state index in [1.807, 2.05) is 0 Å². The quantitative estimate of drug-likeness (QED) is 0.191. The number of hydrogen-bond donors (Lipinski definition) is 3. The molecule has 0 aliphatic heterocycles. The van der Waals surface area contributed by atoms with Crippen molar-refractivity contribution in [1.29, 1.82) is 0 Å². The Morgan fingerprint density at radius 1 is 0.895 bits per heavy atom. The van der Waals surface area contributed by atoms with E-state index in [-0.39, 0.29) is 6.61 Å². The second-order valence-corrected chi connectivity index (χ2v) is 8.33. The largest absolute Gasteiger partial charge is 0.497 e. The average Bonchev–Trinajstić information content (AvgIpc) is 2.90. The van der Waals surface area contributed by atoms with E-state index in [9.17, 15) is 14.4 Å². The Morgan fingerprint density at radius 2 is 1.66 bits per heavy atom. The van der Waals surface area contributed by atoms with Crippen LogP contribution in [0.1, 0.15) is 12.5 Å². The van der Waals surface area contributed by atoms with Crippen LogP contribution in [0.5, 0.6) is 17.2 Å². The molecule has 0 saturated carbocycles. The first-order valence-electron chi connectivity index (χ1n) is 11.2. The summed E-state index contributed by atoms with van der Waals surface area (Å²) in [5.41, 5.74) is 3.54. The molecule has 12 heteroatoms. The highest BCUT2D eigenvalue weighted by Crippen LogP contribution is 2.29. The fourth-order valence-electron chi connectivity index (χ4n) is 2.99. The molecule has 3 aromatic rings. The summed E-state index contributed by atoms with van der Waals surface area (Å²) in [5, 5.41) is 9.66. The van der Waals surface area contributed by atoms with Crippen LogP contribution in [0.3, 0.4) is 0 Å². The SMILES string of the molecule is CCOc1cc(/C=N\NC(=O)C(=O)Nc2ccc(OC)cc2)ccc1OCC(=O)Nc1ccc(Cl)cc1Cl. The van der Waals surface area contributed by atoms with Crippen LogP contribution in [0.15, 0.2) is 65.8 Å². The lowest BCUT2D eigenvalue weighted by Crippen LogP contribution is -2.32. The van der Waals surface area contributed by atoms with Crippen LogP contribution in [0.2, 0.25) is 10.0 Å². The van der Waals surface area contributed by atoms with Gasteiger partial charge in [-0.3, -0.25) is 14.4 Å². The van der Waals surface area contributed by atoms with E-state index in [4.69, 9.17) is 37.4 Å². The summed E-state index contributed by atoms with van der Waals surface area (Å²) in [6, 6.07) is 16.0. The number of nitrogens with one attached hydrogen (secondary N) is 3. The van der Waals surface area contributed by atoms with E-state index >= 15 is 0 Å². The van der Waals surface area contributed by atoms with Crippen molar-refractivity contribution in [2.75, 3.05) is 31.0 Å². The number of halogens is 2. The van der Waals surface area contributed by atoms with Crippen molar-refractivity contribution in [3.63, 3.8) is 0 Å². The third kappa shape index (κ3) is 8.39. The molecule has 0 fully saturated rings. The number of hydrazone groups is 1. The molecule has 3 amide bonds. The van der Waals surface area contributed by atoms with E-state index < -0.39 is 17.7 Å². The van der Waals surface area contributed by atoms with Gasteiger partial charge in [0.2, 0.25) is 0 Å². The van der Waals surface area contributed by atoms with Gasteiger partial charge < -0.3 is 24.8 Å². The molecule has 10 nitrogen and oxygen atoms in total. The van der Waals surface area contributed by atoms with Crippen molar-refractivity contribution in [3.05, 3.63) is 76.3 Å². The van der Waals surface area contributed by atoms with Crippen molar-refractivity contribution in [3.8, 4) is 17.2 Å². The molecule has 0 atom stereocenters. The predicted octanol–water partition coefficient (Wildman–Crippen LogP) is 4.51. The van der Waals surface area contributed by atoms with Gasteiger partial charge in [0.1, 0.15) is 5.75 Å². The molecule has 0 aliphatic rings. The first-order valence-corrected chi connectivity index (χ1v) is 12.0. The number of ether oxygens (including phenoxy) is 3. The minimum absolute atomic E-state index is 0.300. The molecule has 0 unspecified atom stereocenters. The van der Waals surface area contributed by atoms with Crippen LogP contribution in [0.4, 0.5) is 11.4 Å². The van der Waals surface area contributed by atoms with Gasteiger partial charge >= 0.3 is 11.8 Å². The van der Waals surface area contributed by atoms with Gasteiger partial charge in [-0.25, -0.2) is 5.43 Å². The zero-order valence-electron chi connectivity index (χ0n) is 20.4. The number of methoxy groups -OCH3 is 1. The second kappa shape index (κ2) is 13.9. The molecule has 0 heterocycles. The molecule has 0 aromatic heterocycles. The Labute approximate surface area is 228 Å². The number of carbonyl (C=O) groups excluding carboxylic acids is 3. The van der Waals surface area contributed by atoms with E-state index in [1.54, 1.807) is 61.5 Å². The zero-order chi connectivity index (χ0) is 27.5. The number of carbonyl (C=O) groups is 3. The van der Waals surface area contributed by atoms with Gasteiger partial charge in [-0.15, -0.1) is 0 Å². The molecular formula is C26H24Cl2N4O6. The minimum Gasteiger partial charge on any atom is -0.497 e. The maximum atomic E-state index is 12.3. The lowest BCUT2D eigenvalue weighted by Gasteiger charge is -2.13. The number of anilines is 2. The van der Waals surface area contributed by atoms with Gasteiger partial charge in [-0.2, -0.15) is 5.10 Å². The topological polar surface area (TPSA) is 127 Å². The monoisotopic (exact) mass is 558 g/mol. The highest BCUT2D eigenvalue weighted by molar-refractivity contribution is 6.39. The lowest BCUT2D eigenvalue weighted by molar-refractivity contribution is -0.136. The number of rotatable bonds is 10. The Hall–Kier alpha value is -4.28. The number of amides is 3. The summed E-state index contributed by atoms with van der Waals surface area (Å²) in [6.45, 7) is 1.83. The highest BCUT2D eigenvalue weighted by Gasteiger charge is 2.14. The van der Waals surface area contributed by atoms with E-state index in [1.165, 1.54) is 19.4 Å². The van der Waals surface area contributed by atoms with Gasteiger partial charge in [0.15, 0.2) is 18.1 Å². The summed E-state index contributed by atoms with van der Waals surface area (Å²) in [6.07, 6.45) is 1.33. The van der Waals surface area contributed by atoms with E-state index in [2.05, 4.69) is 21.2 Å². The summed E-state index contributed by atoms with van der Waals surface area (Å²) in [4.78, 5) is 36.4. The van der Waals surface area contributed by atoms with Gasteiger partial charge in [0, 0.05) is 10.7 Å². The van der Waals surface area contributed by atoms with Gasteiger partial charge in [0.05, 0.1) is 30.6 Å². The molecule has 0 bridgehead atoms. The number of nitrogens with zero attached hydrogens (tertiary/aromatic N) is 1. The Morgan fingerprint density at radius 3 is 2.34 bits per heavy atom. The summed E-state index contributed by atoms with van der Waals surface area (Å²) >= 11 is 11.9. The van der Waals surface area contributed by atoms with Crippen molar-refractivity contribution >= 4 is 58.5 Å². The predicted molar refractivity (Wildman–Crippen MR) is 146 cm³/mol. The fraction of sp³-hybridized carbons (Fsp3) is 0.154. The summed E-state index contributed by atoms with van der Waals surface area (Å²) < 4.78 is 16.2. The molecule has 198 valence electrons. The fourth-order valence-corrected chi connectivity index (χ4v) is 3.45. The normalized spacial score (nSPS) is 10.5. The molecule has 0 saturated heterocycles. The van der Waals surface area contributed by atoms with E-state index in [0.717, 1.165) is 0 Å². The van der Waals surface area contributed by atoms with Crippen LogP contribution in [-0.2, 0) is 14.4 Å². The van der Waals surface area contributed by atoms with Crippen LogP contribution in [-0.4, -0.2) is 44.3 Å². The standard InChI is InChI=1S/C26H24Cl2N4O6/c1-3-37-23-12-16(14-29-32-26(35)25(34)30-18-6-8-19(36-2)9-7-18)4-11-22(23)38-15-24(33)31-21-10-5-17(27)13-20(21)28/h4-14H,3,15H2,1-2H3,(H,30,34)(H,31,33)(H,32,35)/b29-14-. The van der Waals surface area contributed by atoms with Crippen molar-refractivity contribution < 1.29 is 28.6 Å². The second-order valence-electron chi connectivity index (χ2n) is 7.48. The smallest absolute Gasteiger partial charge is 0.329 e. The molecular weight excluding hydrogens is 535 g/mol. The van der Waals surface area contributed by atoms with Gasteiger partial charge in [-0.1, -0.05) is 23.2 Å². The average molecular weight is 559 g/mol. The third-order valence-corrected chi connectivity index (χ3v) is 5.31. The lowest BCUT2D eigenvalue weighted by atomic mass is 10.2.